The number of carbonyl (C=O) groups excluding carboxylic acids is 2. The lowest BCUT2D eigenvalue weighted by atomic mass is 10.1. The number of carbonyl (C=O) groups is 2. The Morgan fingerprint density at radius 2 is 2.00 bits per heavy atom. The fourth-order valence-electron chi connectivity index (χ4n) is 3.29. The molecule has 0 atom stereocenters. The first-order chi connectivity index (χ1) is 14.0. The third-order valence-corrected chi connectivity index (χ3v) is 5.25. The lowest BCUT2D eigenvalue weighted by Crippen LogP contribution is -2.26. The summed E-state index contributed by atoms with van der Waals surface area (Å²) < 4.78 is 6.07. The number of nitrogens with zero attached hydrogens (tertiary/aromatic N) is 2. The molecule has 1 aliphatic carbocycles. The van der Waals surface area contributed by atoms with Crippen molar-refractivity contribution < 1.29 is 14.3 Å². The molecule has 1 aromatic heterocycles. The summed E-state index contributed by atoms with van der Waals surface area (Å²) in [6.45, 7) is 1.92. The second-order valence-corrected chi connectivity index (χ2v) is 7.45. The Morgan fingerprint density at radius 3 is 2.69 bits per heavy atom. The van der Waals surface area contributed by atoms with Crippen LogP contribution < -0.4 is 15.0 Å². The molecule has 2 aromatic carbocycles. The number of aryl methyl sites for hydroxylation is 1. The summed E-state index contributed by atoms with van der Waals surface area (Å²) in [5, 5.41) is 3.51. The van der Waals surface area contributed by atoms with Gasteiger partial charge in [-0.3, -0.25) is 14.6 Å². The smallest absolute Gasteiger partial charge is 0.226 e. The number of amides is 2. The summed E-state index contributed by atoms with van der Waals surface area (Å²) in [6, 6.07) is 13.0. The molecule has 1 heterocycles. The molecule has 3 aromatic rings. The van der Waals surface area contributed by atoms with E-state index in [1.165, 1.54) is 0 Å². The third kappa shape index (κ3) is 4.21. The van der Waals surface area contributed by atoms with Crippen LogP contribution in [0.4, 0.5) is 11.4 Å². The number of pyridine rings is 1. The highest BCUT2D eigenvalue weighted by Gasteiger charge is 2.26. The standard InChI is InChI=1S/C23H23N3O3/c1-15-11-21-19(13-20(15)25-14-27)22(9-10-24-21)29-18-7-5-17(6-8-18)26(2)23(28)12-16-3-4-16/h5-11,13-14,16H,3-4,12H2,1-2H3,(H,25,27). The fraction of sp³-hybridized carbons (Fsp3) is 0.261. The molecule has 1 saturated carbocycles. The molecular weight excluding hydrogens is 366 g/mol. The molecule has 148 valence electrons. The van der Waals surface area contributed by atoms with E-state index in [4.69, 9.17) is 4.74 Å². The summed E-state index contributed by atoms with van der Waals surface area (Å²) in [6.07, 6.45) is 5.30. The summed E-state index contributed by atoms with van der Waals surface area (Å²) in [5.41, 5.74) is 3.28. The zero-order valence-electron chi connectivity index (χ0n) is 16.5. The zero-order chi connectivity index (χ0) is 20.4. The van der Waals surface area contributed by atoms with Gasteiger partial charge < -0.3 is 15.0 Å². The van der Waals surface area contributed by atoms with Crippen LogP contribution in [-0.4, -0.2) is 24.3 Å². The fourth-order valence-corrected chi connectivity index (χ4v) is 3.29. The van der Waals surface area contributed by atoms with Gasteiger partial charge in [-0.1, -0.05) is 0 Å². The number of fused-ring (bicyclic) bond motifs is 1. The predicted octanol–water partition coefficient (Wildman–Crippen LogP) is 4.67. The molecule has 1 aliphatic rings. The Labute approximate surface area is 169 Å². The molecule has 0 bridgehead atoms. The Balaban J connectivity index is 1.55. The van der Waals surface area contributed by atoms with Crippen LogP contribution in [0.2, 0.25) is 0 Å². The van der Waals surface area contributed by atoms with Crippen LogP contribution in [0.3, 0.4) is 0 Å². The zero-order valence-corrected chi connectivity index (χ0v) is 16.5. The van der Waals surface area contributed by atoms with Crippen molar-refractivity contribution in [1.29, 1.82) is 0 Å². The van der Waals surface area contributed by atoms with Gasteiger partial charge in [0.25, 0.3) is 0 Å². The Morgan fingerprint density at radius 1 is 1.24 bits per heavy atom. The van der Waals surface area contributed by atoms with Gasteiger partial charge in [0.2, 0.25) is 12.3 Å². The van der Waals surface area contributed by atoms with Crippen molar-refractivity contribution in [3.63, 3.8) is 0 Å². The van der Waals surface area contributed by atoms with Crippen LogP contribution in [0.15, 0.2) is 48.7 Å². The summed E-state index contributed by atoms with van der Waals surface area (Å²) in [4.78, 5) is 29.2. The van der Waals surface area contributed by atoms with Crippen molar-refractivity contribution >= 4 is 34.6 Å². The van der Waals surface area contributed by atoms with Crippen LogP contribution in [0.1, 0.15) is 24.8 Å². The molecule has 1 N–H and O–H groups in total. The minimum atomic E-state index is 0.145. The molecule has 4 rings (SSSR count). The average molecular weight is 389 g/mol. The van der Waals surface area contributed by atoms with Gasteiger partial charge in [-0.25, -0.2) is 0 Å². The van der Waals surface area contributed by atoms with E-state index < -0.39 is 0 Å². The number of hydrogen-bond acceptors (Lipinski definition) is 4. The van der Waals surface area contributed by atoms with Crippen molar-refractivity contribution in [1.82, 2.24) is 4.98 Å². The van der Waals surface area contributed by atoms with Crippen LogP contribution in [0.25, 0.3) is 10.9 Å². The van der Waals surface area contributed by atoms with Gasteiger partial charge in [-0.05, 0) is 73.7 Å². The maximum atomic E-state index is 12.3. The summed E-state index contributed by atoms with van der Waals surface area (Å²) in [7, 11) is 1.81. The van der Waals surface area contributed by atoms with E-state index in [1.807, 2.05) is 43.3 Å². The van der Waals surface area contributed by atoms with Crippen molar-refractivity contribution in [3.8, 4) is 11.5 Å². The summed E-state index contributed by atoms with van der Waals surface area (Å²) in [5.74, 6) is 2.02. The molecular formula is C23H23N3O3. The number of anilines is 2. The molecule has 0 unspecified atom stereocenters. The molecule has 2 amide bonds. The molecule has 6 heteroatoms. The monoisotopic (exact) mass is 389 g/mol. The van der Waals surface area contributed by atoms with Gasteiger partial charge in [0.15, 0.2) is 0 Å². The van der Waals surface area contributed by atoms with E-state index in [0.29, 0.717) is 30.2 Å². The number of rotatable bonds is 7. The molecule has 29 heavy (non-hydrogen) atoms. The highest BCUT2D eigenvalue weighted by molar-refractivity contribution is 5.93. The quantitative estimate of drug-likeness (QED) is 0.596. The van der Waals surface area contributed by atoms with Crippen molar-refractivity contribution in [3.05, 3.63) is 54.2 Å². The van der Waals surface area contributed by atoms with Crippen LogP contribution >= 0.6 is 0 Å². The SMILES string of the molecule is Cc1cc2nccc(Oc3ccc(N(C)C(=O)CC4CC4)cc3)c2cc1NC=O. The molecule has 0 aliphatic heterocycles. The molecule has 0 radical (unpaired) electrons. The Hall–Kier alpha value is -3.41. The van der Waals surface area contributed by atoms with Crippen LogP contribution in [0, 0.1) is 12.8 Å². The number of nitrogens with one attached hydrogen (secondary N) is 1. The minimum absolute atomic E-state index is 0.145. The second kappa shape index (κ2) is 7.91. The predicted molar refractivity (Wildman–Crippen MR) is 113 cm³/mol. The van der Waals surface area contributed by atoms with Crippen LogP contribution in [0.5, 0.6) is 11.5 Å². The van der Waals surface area contributed by atoms with Crippen molar-refractivity contribution in [2.75, 3.05) is 17.3 Å². The van der Waals surface area contributed by atoms with E-state index in [1.54, 1.807) is 24.2 Å². The van der Waals surface area contributed by atoms with Gasteiger partial charge in [-0.15, -0.1) is 0 Å². The van der Waals surface area contributed by atoms with E-state index in [9.17, 15) is 9.59 Å². The largest absolute Gasteiger partial charge is 0.457 e. The summed E-state index contributed by atoms with van der Waals surface area (Å²) >= 11 is 0. The van der Waals surface area contributed by atoms with Gasteiger partial charge in [-0.2, -0.15) is 0 Å². The number of benzene rings is 2. The molecule has 1 fully saturated rings. The molecule has 6 nitrogen and oxygen atoms in total. The second-order valence-electron chi connectivity index (χ2n) is 7.45. The molecule has 0 saturated heterocycles. The first-order valence-corrected chi connectivity index (χ1v) is 9.69. The number of hydrogen-bond donors (Lipinski definition) is 1. The van der Waals surface area contributed by atoms with E-state index in [0.717, 1.165) is 40.7 Å². The lowest BCUT2D eigenvalue weighted by molar-refractivity contribution is -0.118. The van der Waals surface area contributed by atoms with Crippen LogP contribution in [-0.2, 0) is 9.59 Å². The Kier molecular flexibility index (Phi) is 5.16. The maximum absolute atomic E-state index is 12.3. The number of aromatic nitrogens is 1. The van der Waals surface area contributed by atoms with Crippen molar-refractivity contribution in [2.24, 2.45) is 5.92 Å². The number of ether oxygens (including phenoxy) is 1. The Bertz CT molecular complexity index is 1060. The topological polar surface area (TPSA) is 71.5 Å². The third-order valence-electron chi connectivity index (χ3n) is 5.25. The molecule has 0 spiro atoms. The average Bonchev–Trinajstić information content (AvgIpc) is 3.53. The van der Waals surface area contributed by atoms with Gasteiger partial charge in [0.05, 0.1) is 5.52 Å². The highest BCUT2D eigenvalue weighted by atomic mass is 16.5. The first kappa shape index (κ1) is 18.9. The maximum Gasteiger partial charge on any atom is 0.226 e. The normalized spacial score (nSPS) is 13.2. The van der Waals surface area contributed by atoms with Gasteiger partial charge in [0, 0.05) is 36.4 Å². The highest BCUT2D eigenvalue weighted by Crippen LogP contribution is 2.34. The van der Waals surface area contributed by atoms with Gasteiger partial charge in [0.1, 0.15) is 11.5 Å². The van der Waals surface area contributed by atoms with E-state index in [2.05, 4.69) is 10.3 Å². The minimum Gasteiger partial charge on any atom is -0.457 e. The van der Waals surface area contributed by atoms with E-state index in [-0.39, 0.29) is 5.91 Å². The van der Waals surface area contributed by atoms with Gasteiger partial charge >= 0.3 is 0 Å². The first-order valence-electron chi connectivity index (χ1n) is 9.69. The lowest BCUT2D eigenvalue weighted by Gasteiger charge is -2.18. The van der Waals surface area contributed by atoms with Crippen molar-refractivity contribution in [2.45, 2.75) is 26.2 Å². The van der Waals surface area contributed by atoms with E-state index >= 15 is 0 Å².